The van der Waals surface area contributed by atoms with Crippen molar-refractivity contribution in [3.63, 3.8) is 0 Å². The number of rotatable bonds is 0. The van der Waals surface area contributed by atoms with E-state index in [9.17, 15) is 0 Å². The van der Waals surface area contributed by atoms with Gasteiger partial charge in [-0.05, 0) is 0 Å². The Balaban J connectivity index is -0.0000000267. The smallest absolute Gasteiger partial charge is 0.303 e. The first kappa shape index (κ1) is 22.6. The summed E-state index contributed by atoms with van der Waals surface area (Å²) in [4.78, 5) is 21.6. The van der Waals surface area contributed by atoms with Crippen molar-refractivity contribution in [2.75, 3.05) is 0 Å². The molecule has 53 valence electrons. The maximum absolute atomic E-state index is 8.88. The van der Waals surface area contributed by atoms with Gasteiger partial charge in [-0.1, -0.05) is 0 Å². The van der Waals surface area contributed by atoms with Crippen molar-refractivity contribution >= 4 is 25.2 Å². The van der Waals surface area contributed by atoms with Crippen molar-refractivity contribution in [1.82, 2.24) is 0 Å². The normalized spacial score (nSPS) is 7.38. The van der Waals surface area contributed by atoms with E-state index in [0.717, 1.165) is 0 Å². The van der Waals surface area contributed by atoms with Crippen molar-refractivity contribution in [3.8, 4) is 0 Å². The van der Waals surface area contributed by atoms with Crippen LogP contribution in [0.5, 0.6) is 0 Å². The summed E-state index contributed by atoms with van der Waals surface area (Å²) in [5.74, 6) is 0. The minimum Gasteiger partial charge on any atom is -0.303 e. The molecule has 0 amide bonds. The Morgan fingerprint density at radius 3 is 1.12 bits per heavy atom. The van der Waals surface area contributed by atoms with Crippen LogP contribution in [0.3, 0.4) is 0 Å². The third kappa shape index (κ3) is 121. The average molecular weight is 239 g/mol. The monoisotopic (exact) mass is 239 g/mol. The second-order valence-electron chi connectivity index (χ2n) is 0.513. The second kappa shape index (κ2) is 8.68. The SMILES string of the molecule is O=P(O)(O)O.[AlH3].[Fe].[Mn]. The Bertz CT molecular complexity index is 62.2. The van der Waals surface area contributed by atoms with Crippen LogP contribution in [0, 0.1) is 0 Å². The van der Waals surface area contributed by atoms with Gasteiger partial charge in [0.25, 0.3) is 0 Å². The van der Waals surface area contributed by atoms with Gasteiger partial charge in [0.15, 0.2) is 17.4 Å². The molecule has 0 heterocycles. The van der Waals surface area contributed by atoms with Crippen molar-refractivity contribution in [2.24, 2.45) is 0 Å². The molecule has 0 saturated heterocycles. The van der Waals surface area contributed by atoms with Crippen LogP contribution >= 0.6 is 7.82 Å². The van der Waals surface area contributed by atoms with Crippen LogP contribution in [0.4, 0.5) is 0 Å². The fraction of sp³-hybridized carbons (Fsp3) is 0. The summed E-state index contributed by atoms with van der Waals surface area (Å²) in [7, 11) is -4.64. The number of hydrogen-bond acceptors (Lipinski definition) is 1. The Hall–Kier alpha value is 1.68. The summed E-state index contributed by atoms with van der Waals surface area (Å²) < 4.78 is 8.88. The van der Waals surface area contributed by atoms with Crippen LogP contribution < -0.4 is 0 Å². The van der Waals surface area contributed by atoms with E-state index >= 15 is 0 Å². The predicted octanol–water partition coefficient (Wildman–Crippen LogP) is -2.12. The third-order valence-electron chi connectivity index (χ3n) is 0. The van der Waals surface area contributed by atoms with Crippen molar-refractivity contribution < 1.29 is 53.4 Å². The van der Waals surface area contributed by atoms with Crippen LogP contribution in [0.2, 0.25) is 0 Å². The summed E-state index contributed by atoms with van der Waals surface area (Å²) >= 11 is 0. The van der Waals surface area contributed by atoms with E-state index in [1.165, 1.54) is 0 Å². The van der Waals surface area contributed by atoms with E-state index in [-0.39, 0.29) is 51.5 Å². The molecule has 3 N–H and O–H groups in total. The molecule has 0 aromatic carbocycles. The maximum Gasteiger partial charge on any atom is 0.466 e. The van der Waals surface area contributed by atoms with E-state index in [2.05, 4.69) is 0 Å². The molecule has 0 saturated carbocycles. The van der Waals surface area contributed by atoms with Crippen LogP contribution in [0.15, 0.2) is 0 Å². The fourth-order valence-electron chi connectivity index (χ4n) is 0. The van der Waals surface area contributed by atoms with E-state index in [1.54, 1.807) is 0 Å². The Morgan fingerprint density at radius 2 is 1.12 bits per heavy atom. The van der Waals surface area contributed by atoms with Gasteiger partial charge >= 0.3 is 7.82 Å². The summed E-state index contributed by atoms with van der Waals surface area (Å²) in [5, 5.41) is 0. The summed E-state index contributed by atoms with van der Waals surface area (Å²) in [6, 6.07) is 0. The van der Waals surface area contributed by atoms with Crippen LogP contribution in [0.25, 0.3) is 0 Å². The van der Waals surface area contributed by atoms with Crippen LogP contribution in [-0.2, 0) is 38.7 Å². The molecule has 0 fully saturated rings. The van der Waals surface area contributed by atoms with Gasteiger partial charge in [-0.15, -0.1) is 0 Å². The zero-order chi connectivity index (χ0) is 4.50. The predicted molar refractivity (Wildman–Crippen MR) is 24.2 cm³/mol. The van der Waals surface area contributed by atoms with Crippen molar-refractivity contribution in [2.45, 2.75) is 0 Å². The molecular formula is H6AlFeMnO4P. The van der Waals surface area contributed by atoms with E-state index in [0.29, 0.717) is 0 Å². The first-order valence-electron chi connectivity index (χ1n) is 0.783. The molecule has 0 aliphatic carbocycles. The summed E-state index contributed by atoms with van der Waals surface area (Å²) in [6.45, 7) is 0. The van der Waals surface area contributed by atoms with Gasteiger partial charge in [0.1, 0.15) is 0 Å². The Morgan fingerprint density at radius 1 is 1.12 bits per heavy atom. The van der Waals surface area contributed by atoms with Gasteiger partial charge in [-0.25, -0.2) is 4.57 Å². The van der Waals surface area contributed by atoms with Gasteiger partial charge in [-0.3, -0.25) is 0 Å². The molecule has 0 atom stereocenters. The fourth-order valence-corrected chi connectivity index (χ4v) is 0. The molecule has 0 aromatic rings. The van der Waals surface area contributed by atoms with Crippen LogP contribution in [-0.4, -0.2) is 32.0 Å². The molecule has 0 aliphatic heterocycles. The topological polar surface area (TPSA) is 77.8 Å². The standard InChI is InChI=1S/Al.Fe.Mn.H3O4P.3H/c;;;1-5(2,3)4;;;/h;;;(H3,1,2,3,4);;;. The molecule has 1 radical (unpaired) electrons. The molecule has 0 aliphatic rings. The van der Waals surface area contributed by atoms with Crippen molar-refractivity contribution in [1.29, 1.82) is 0 Å². The quantitative estimate of drug-likeness (QED) is 0.333. The molecule has 8 heteroatoms. The van der Waals surface area contributed by atoms with E-state index in [1.807, 2.05) is 0 Å². The third-order valence-corrected chi connectivity index (χ3v) is 0. The summed E-state index contributed by atoms with van der Waals surface area (Å²) in [6.07, 6.45) is 0. The molecule has 0 spiro atoms. The van der Waals surface area contributed by atoms with E-state index in [4.69, 9.17) is 19.2 Å². The average Bonchev–Trinajstić information content (AvgIpc) is 0.722. The van der Waals surface area contributed by atoms with E-state index < -0.39 is 7.82 Å². The van der Waals surface area contributed by atoms with Gasteiger partial charge in [0.05, 0.1) is 0 Å². The molecule has 0 unspecified atom stereocenters. The Labute approximate surface area is 78.4 Å². The minimum atomic E-state index is -4.64. The number of phosphoric acid groups is 1. The zero-order valence-corrected chi connectivity index (χ0v) is 6.11. The molecular weight excluding hydrogens is 233 g/mol. The summed E-state index contributed by atoms with van der Waals surface area (Å²) in [5.41, 5.74) is 0. The Kier molecular flexibility index (Phi) is 24.5. The number of hydrogen-bond donors (Lipinski definition) is 3. The first-order valence-corrected chi connectivity index (χ1v) is 2.35. The molecule has 8 heavy (non-hydrogen) atoms. The molecule has 4 nitrogen and oxygen atoms in total. The van der Waals surface area contributed by atoms with Gasteiger partial charge in [-0.2, -0.15) is 0 Å². The molecule has 0 aromatic heterocycles. The van der Waals surface area contributed by atoms with Crippen molar-refractivity contribution in [3.05, 3.63) is 0 Å². The largest absolute Gasteiger partial charge is 0.466 e. The van der Waals surface area contributed by atoms with Gasteiger partial charge < -0.3 is 14.7 Å². The zero-order valence-electron chi connectivity index (χ0n) is 2.93. The minimum absolute atomic E-state index is 0. The molecule has 0 bridgehead atoms. The first-order chi connectivity index (χ1) is 2.00. The second-order valence-corrected chi connectivity index (χ2v) is 1.54. The maximum atomic E-state index is 8.88. The molecule has 0 rings (SSSR count). The van der Waals surface area contributed by atoms with Gasteiger partial charge in [0, 0.05) is 34.1 Å². The van der Waals surface area contributed by atoms with Crippen LogP contribution in [0.1, 0.15) is 0 Å². The van der Waals surface area contributed by atoms with Gasteiger partial charge in [0.2, 0.25) is 0 Å².